The Morgan fingerprint density at radius 3 is 2.52 bits per heavy atom. The number of hydroxylamine groups is 3. The number of nitrogens with one attached hydrogen (secondary N) is 1. The van der Waals surface area contributed by atoms with Crippen molar-refractivity contribution >= 4 is 5.97 Å². The smallest absolute Gasteiger partial charge is 0.338 e. The fourth-order valence-electron chi connectivity index (χ4n) is 2.58. The normalized spacial score (nSPS) is 20.5. The van der Waals surface area contributed by atoms with Gasteiger partial charge in [0.2, 0.25) is 0 Å². The summed E-state index contributed by atoms with van der Waals surface area (Å²) in [4.78, 5) is 20.8. The highest BCUT2D eigenvalue weighted by molar-refractivity contribution is 5.88. The molecule has 0 bridgehead atoms. The highest BCUT2D eigenvalue weighted by atomic mass is 16.7. The summed E-state index contributed by atoms with van der Waals surface area (Å²) in [6.45, 7) is 7.63. The standard InChI is InChI=1S/C15H21N3O3/c1-14(2)9-12(10-15(3,4)18(14)20)17-21-13(19)11-5-7-16-8-6-11/h5-9,17,20H,10H2,1-4H3. The van der Waals surface area contributed by atoms with E-state index in [0.29, 0.717) is 12.0 Å². The molecule has 0 unspecified atom stereocenters. The molecule has 21 heavy (non-hydrogen) atoms. The van der Waals surface area contributed by atoms with Gasteiger partial charge in [-0.15, -0.1) is 0 Å². The lowest BCUT2D eigenvalue weighted by Gasteiger charge is -2.46. The van der Waals surface area contributed by atoms with Crippen molar-refractivity contribution in [1.82, 2.24) is 15.5 Å². The summed E-state index contributed by atoms with van der Waals surface area (Å²) in [5.74, 6) is -0.472. The molecule has 2 rings (SSSR count). The topological polar surface area (TPSA) is 74.7 Å². The highest BCUT2D eigenvalue weighted by Crippen LogP contribution is 2.34. The lowest BCUT2D eigenvalue weighted by molar-refractivity contribution is -0.215. The van der Waals surface area contributed by atoms with E-state index in [2.05, 4.69) is 10.5 Å². The van der Waals surface area contributed by atoms with Gasteiger partial charge in [-0.2, -0.15) is 5.06 Å². The van der Waals surface area contributed by atoms with Gasteiger partial charge in [0.05, 0.1) is 11.1 Å². The van der Waals surface area contributed by atoms with E-state index in [1.165, 1.54) is 17.5 Å². The Hall–Kier alpha value is -1.92. The molecule has 6 nitrogen and oxygen atoms in total. The number of carbonyl (C=O) groups is 1. The monoisotopic (exact) mass is 291 g/mol. The van der Waals surface area contributed by atoms with Gasteiger partial charge in [0.15, 0.2) is 0 Å². The second-order valence-electron chi connectivity index (χ2n) is 6.35. The molecule has 0 atom stereocenters. The van der Waals surface area contributed by atoms with Crippen LogP contribution in [0.2, 0.25) is 0 Å². The summed E-state index contributed by atoms with van der Waals surface area (Å²) >= 11 is 0. The zero-order valence-corrected chi connectivity index (χ0v) is 12.8. The van der Waals surface area contributed by atoms with Crippen LogP contribution in [0.15, 0.2) is 36.3 Å². The van der Waals surface area contributed by atoms with E-state index in [0.717, 1.165) is 5.70 Å². The van der Waals surface area contributed by atoms with E-state index < -0.39 is 17.0 Å². The van der Waals surface area contributed by atoms with Gasteiger partial charge in [-0.25, -0.2) is 10.3 Å². The average Bonchev–Trinajstić information content (AvgIpc) is 2.42. The molecule has 1 aliphatic heterocycles. The Balaban J connectivity index is 2.05. The molecule has 0 aliphatic carbocycles. The van der Waals surface area contributed by atoms with Crippen LogP contribution >= 0.6 is 0 Å². The van der Waals surface area contributed by atoms with Crippen LogP contribution in [-0.4, -0.2) is 32.3 Å². The van der Waals surface area contributed by atoms with E-state index in [1.54, 1.807) is 12.1 Å². The largest absolute Gasteiger partial charge is 0.362 e. The quantitative estimate of drug-likeness (QED) is 0.832. The molecule has 2 heterocycles. The van der Waals surface area contributed by atoms with E-state index >= 15 is 0 Å². The lowest BCUT2D eigenvalue weighted by atomic mass is 9.86. The lowest BCUT2D eigenvalue weighted by Crippen LogP contribution is -2.56. The second kappa shape index (κ2) is 5.46. The average molecular weight is 291 g/mol. The van der Waals surface area contributed by atoms with Gasteiger partial charge >= 0.3 is 5.97 Å². The first-order chi connectivity index (χ1) is 9.72. The molecule has 1 aromatic rings. The SMILES string of the molecule is CC1(C)C=C(NOC(=O)c2ccncc2)CC(C)(C)N1O. The number of carbonyl (C=O) groups excluding carboxylic acids is 1. The number of rotatable bonds is 3. The minimum absolute atomic E-state index is 0.427. The fourth-order valence-corrected chi connectivity index (χ4v) is 2.58. The number of nitrogens with zero attached hydrogens (tertiary/aromatic N) is 2. The van der Waals surface area contributed by atoms with Crippen LogP contribution in [-0.2, 0) is 4.84 Å². The van der Waals surface area contributed by atoms with E-state index in [4.69, 9.17) is 4.84 Å². The third-order valence-corrected chi connectivity index (χ3v) is 3.46. The fraction of sp³-hybridized carbons (Fsp3) is 0.467. The maximum atomic E-state index is 11.9. The summed E-state index contributed by atoms with van der Waals surface area (Å²) in [6.07, 6.45) is 5.45. The zero-order chi connectivity index (χ0) is 15.7. The van der Waals surface area contributed by atoms with Crippen LogP contribution < -0.4 is 5.48 Å². The van der Waals surface area contributed by atoms with E-state index in [1.807, 2.05) is 33.8 Å². The van der Waals surface area contributed by atoms with Crippen molar-refractivity contribution in [2.75, 3.05) is 0 Å². The van der Waals surface area contributed by atoms with Crippen molar-refractivity contribution in [2.45, 2.75) is 45.2 Å². The molecule has 1 aromatic heterocycles. The molecular weight excluding hydrogens is 270 g/mol. The van der Waals surface area contributed by atoms with Crippen LogP contribution in [0.4, 0.5) is 0 Å². The maximum Gasteiger partial charge on any atom is 0.362 e. The van der Waals surface area contributed by atoms with Gasteiger partial charge in [0.25, 0.3) is 0 Å². The van der Waals surface area contributed by atoms with Crippen molar-refractivity contribution in [1.29, 1.82) is 0 Å². The van der Waals surface area contributed by atoms with E-state index in [9.17, 15) is 10.0 Å². The van der Waals surface area contributed by atoms with Gasteiger partial charge in [-0.1, -0.05) is 0 Å². The van der Waals surface area contributed by atoms with Gasteiger partial charge in [0, 0.05) is 30.1 Å². The van der Waals surface area contributed by atoms with Crippen molar-refractivity contribution in [3.63, 3.8) is 0 Å². The highest BCUT2D eigenvalue weighted by Gasteiger charge is 2.41. The summed E-state index contributed by atoms with van der Waals surface area (Å²) < 4.78 is 0. The molecule has 2 N–H and O–H groups in total. The van der Waals surface area contributed by atoms with Gasteiger partial charge in [0.1, 0.15) is 0 Å². The summed E-state index contributed by atoms with van der Waals surface area (Å²) in [5.41, 5.74) is 2.89. The Morgan fingerprint density at radius 1 is 1.33 bits per heavy atom. The maximum absolute atomic E-state index is 11.9. The van der Waals surface area contributed by atoms with Crippen molar-refractivity contribution in [3.8, 4) is 0 Å². The molecule has 0 aromatic carbocycles. The summed E-state index contributed by atoms with van der Waals surface area (Å²) in [6, 6.07) is 3.17. The van der Waals surface area contributed by atoms with Gasteiger partial charge in [-0.05, 0) is 45.9 Å². The van der Waals surface area contributed by atoms with Crippen molar-refractivity contribution in [3.05, 3.63) is 41.9 Å². The second-order valence-corrected chi connectivity index (χ2v) is 6.35. The summed E-state index contributed by atoms with van der Waals surface area (Å²) in [7, 11) is 0. The van der Waals surface area contributed by atoms with Crippen LogP contribution in [0, 0.1) is 0 Å². The molecular formula is C15H21N3O3. The Labute approximate surface area is 124 Å². The molecule has 0 spiro atoms. The Bertz CT molecular complexity index is 553. The van der Waals surface area contributed by atoms with Crippen LogP contribution in [0.5, 0.6) is 0 Å². The predicted molar refractivity (Wildman–Crippen MR) is 77.3 cm³/mol. The summed E-state index contributed by atoms with van der Waals surface area (Å²) in [5, 5.41) is 11.5. The van der Waals surface area contributed by atoms with E-state index in [-0.39, 0.29) is 0 Å². The third kappa shape index (κ3) is 3.40. The van der Waals surface area contributed by atoms with Crippen LogP contribution in [0.25, 0.3) is 0 Å². The van der Waals surface area contributed by atoms with Crippen molar-refractivity contribution in [2.24, 2.45) is 0 Å². The third-order valence-electron chi connectivity index (χ3n) is 3.46. The van der Waals surface area contributed by atoms with Gasteiger partial charge in [-0.3, -0.25) is 4.98 Å². The minimum atomic E-state index is -0.548. The van der Waals surface area contributed by atoms with Crippen LogP contribution in [0.3, 0.4) is 0 Å². The molecule has 0 saturated carbocycles. The van der Waals surface area contributed by atoms with Crippen LogP contribution in [0.1, 0.15) is 44.5 Å². The Kier molecular flexibility index (Phi) is 4.02. The minimum Gasteiger partial charge on any atom is -0.338 e. The first kappa shape index (κ1) is 15.5. The molecule has 0 saturated heterocycles. The molecule has 114 valence electrons. The molecule has 1 aliphatic rings. The predicted octanol–water partition coefficient (Wildman–Crippen LogP) is 2.28. The van der Waals surface area contributed by atoms with Gasteiger partial charge < -0.3 is 10.0 Å². The number of hydrogen-bond acceptors (Lipinski definition) is 6. The first-order valence-electron chi connectivity index (χ1n) is 6.80. The molecule has 0 amide bonds. The molecule has 6 heteroatoms. The number of pyridine rings is 1. The molecule has 0 fully saturated rings. The zero-order valence-electron chi connectivity index (χ0n) is 12.8. The number of aromatic nitrogens is 1. The molecule has 0 radical (unpaired) electrons. The van der Waals surface area contributed by atoms with Crippen molar-refractivity contribution < 1.29 is 14.8 Å². The number of hydrogen-bond donors (Lipinski definition) is 2. The Morgan fingerprint density at radius 2 is 1.95 bits per heavy atom. The first-order valence-corrected chi connectivity index (χ1v) is 6.80.